The summed E-state index contributed by atoms with van der Waals surface area (Å²) in [5, 5.41) is 9.47. The summed E-state index contributed by atoms with van der Waals surface area (Å²) in [5.74, 6) is -1.69. The van der Waals surface area contributed by atoms with Crippen LogP contribution >= 0.6 is 0 Å². The molecule has 0 N–H and O–H groups in total. The third-order valence-electron chi connectivity index (χ3n) is 7.54. The number of carbonyl (C=O) groups excluding carboxylic acids is 4. The number of unbranched alkanes of at least 4 members (excludes halogenated alkanes) is 1. The van der Waals surface area contributed by atoms with Crippen LogP contribution in [0.2, 0.25) is 0 Å². The molecular formula is C37H33NO11. The Morgan fingerprint density at radius 3 is 2.00 bits per heavy atom. The fraction of sp³-hybridized carbons (Fsp3) is 0.270. The van der Waals surface area contributed by atoms with E-state index in [1.807, 2.05) is 12.1 Å². The van der Waals surface area contributed by atoms with Crippen molar-refractivity contribution in [1.29, 1.82) is 5.26 Å². The van der Waals surface area contributed by atoms with Crippen LogP contribution in [0.25, 0.3) is 6.08 Å². The van der Waals surface area contributed by atoms with Gasteiger partial charge in [-0.15, -0.1) is 0 Å². The molecule has 12 heteroatoms. The molecule has 5 rings (SSSR count). The van der Waals surface area contributed by atoms with Gasteiger partial charge in [-0.2, -0.15) is 5.26 Å². The van der Waals surface area contributed by atoms with Crippen LogP contribution in [-0.4, -0.2) is 74.7 Å². The van der Waals surface area contributed by atoms with E-state index in [2.05, 4.69) is 6.58 Å². The van der Waals surface area contributed by atoms with Crippen molar-refractivity contribution in [3.63, 3.8) is 0 Å². The van der Waals surface area contributed by atoms with Gasteiger partial charge in [0.1, 0.15) is 35.3 Å². The first kappa shape index (κ1) is 34.6. The van der Waals surface area contributed by atoms with Crippen molar-refractivity contribution in [3.8, 4) is 17.6 Å². The van der Waals surface area contributed by atoms with Gasteiger partial charge in [0.2, 0.25) is 0 Å². The molecular weight excluding hydrogens is 634 g/mol. The second-order valence-electron chi connectivity index (χ2n) is 10.9. The lowest BCUT2D eigenvalue weighted by atomic mass is 10.1. The number of esters is 4. The second kappa shape index (κ2) is 16.9. The zero-order chi connectivity index (χ0) is 34.6. The standard InChI is InChI=1S/C37H33NO11/c1-2-32(39)44-19-7-6-18-43-28-14-10-25(11-15-28)35(40)47-29-16-12-26(13-17-29)36(41)48-30-22-45-34-31(23-46-33(30)34)49-37(42)27(21-38)20-24-8-4-3-5-9-24/h2-5,8-17,20,30-31,33-34H,1,6-7,18-19,22-23H2/t30-,31+,33+,34+/m0/s1. The zero-order valence-corrected chi connectivity index (χ0v) is 26.4. The first-order chi connectivity index (χ1) is 23.8. The summed E-state index contributed by atoms with van der Waals surface area (Å²) in [6, 6.07) is 23.1. The van der Waals surface area contributed by atoms with Gasteiger partial charge in [-0.3, -0.25) is 0 Å². The lowest BCUT2D eigenvalue weighted by molar-refractivity contribution is -0.148. The van der Waals surface area contributed by atoms with E-state index in [1.165, 1.54) is 30.3 Å². The van der Waals surface area contributed by atoms with Crippen molar-refractivity contribution in [2.24, 2.45) is 0 Å². The number of carbonyl (C=O) groups is 4. The van der Waals surface area contributed by atoms with Crippen LogP contribution in [0.5, 0.6) is 11.5 Å². The average Bonchev–Trinajstić information content (AvgIpc) is 3.72. The second-order valence-corrected chi connectivity index (χ2v) is 10.9. The molecule has 2 heterocycles. The summed E-state index contributed by atoms with van der Waals surface area (Å²) >= 11 is 0. The fourth-order valence-corrected chi connectivity index (χ4v) is 5.03. The predicted molar refractivity (Wildman–Crippen MR) is 172 cm³/mol. The highest BCUT2D eigenvalue weighted by molar-refractivity contribution is 5.98. The molecule has 0 unspecified atom stereocenters. The lowest BCUT2D eigenvalue weighted by Crippen LogP contribution is -2.36. The van der Waals surface area contributed by atoms with E-state index in [0.29, 0.717) is 36.3 Å². The predicted octanol–water partition coefficient (Wildman–Crippen LogP) is 4.64. The smallest absolute Gasteiger partial charge is 0.349 e. The summed E-state index contributed by atoms with van der Waals surface area (Å²) in [6.07, 6.45) is 1.03. The van der Waals surface area contributed by atoms with Crippen molar-refractivity contribution in [2.45, 2.75) is 37.3 Å². The van der Waals surface area contributed by atoms with Gasteiger partial charge in [0.05, 0.1) is 37.6 Å². The number of rotatable bonds is 14. The number of benzene rings is 3. The number of nitrogens with zero attached hydrogens (tertiary/aromatic N) is 1. The van der Waals surface area contributed by atoms with Crippen LogP contribution in [0.3, 0.4) is 0 Å². The van der Waals surface area contributed by atoms with Crippen molar-refractivity contribution >= 4 is 30.0 Å². The van der Waals surface area contributed by atoms with E-state index in [-0.39, 0.29) is 36.7 Å². The van der Waals surface area contributed by atoms with Crippen LogP contribution in [0.1, 0.15) is 39.1 Å². The summed E-state index contributed by atoms with van der Waals surface area (Å²) in [5.41, 5.74) is 1.04. The fourth-order valence-electron chi connectivity index (χ4n) is 5.03. The number of hydrogen-bond donors (Lipinski definition) is 0. The summed E-state index contributed by atoms with van der Waals surface area (Å²) < 4.78 is 38.7. The molecule has 0 amide bonds. The lowest BCUT2D eigenvalue weighted by Gasteiger charge is -2.17. The molecule has 0 spiro atoms. The molecule has 2 aliphatic heterocycles. The third kappa shape index (κ3) is 9.41. The molecule has 2 saturated heterocycles. The van der Waals surface area contributed by atoms with E-state index in [1.54, 1.807) is 48.5 Å². The number of fused-ring (bicyclic) bond motifs is 1. The summed E-state index contributed by atoms with van der Waals surface area (Å²) in [6.45, 7) is 4.09. The van der Waals surface area contributed by atoms with Gasteiger partial charge in [-0.25, -0.2) is 19.2 Å². The quantitative estimate of drug-likeness (QED) is 0.0587. The molecule has 252 valence electrons. The molecule has 3 aromatic carbocycles. The summed E-state index contributed by atoms with van der Waals surface area (Å²) in [4.78, 5) is 49.2. The van der Waals surface area contributed by atoms with E-state index in [4.69, 9.17) is 33.2 Å². The highest BCUT2D eigenvalue weighted by Crippen LogP contribution is 2.32. The third-order valence-corrected chi connectivity index (χ3v) is 7.54. The van der Waals surface area contributed by atoms with Crippen LogP contribution < -0.4 is 9.47 Å². The molecule has 0 radical (unpaired) electrons. The van der Waals surface area contributed by atoms with Crippen LogP contribution in [0.4, 0.5) is 0 Å². The van der Waals surface area contributed by atoms with Crippen molar-refractivity contribution in [2.75, 3.05) is 26.4 Å². The molecule has 2 fully saturated rings. The minimum atomic E-state index is -0.801. The first-order valence-electron chi connectivity index (χ1n) is 15.5. The largest absolute Gasteiger partial charge is 0.494 e. The number of hydrogen-bond acceptors (Lipinski definition) is 12. The molecule has 0 bridgehead atoms. The topological polar surface area (TPSA) is 157 Å². The monoisotopic (exact) mass is 667 g/mol. The van der Waals surface area contributed by atoms with Gasteiger partial charge in [-0.1, -0.05) is 36.9 Å². The maximum absolute atomic E-state index is 12.9. The summed E-state index contributed by atoms with van der Waals surface area (Å²) in [7, 11) is 0. The van der Waals surface area contributed by atoms with Gasteiger partial charge >= 0.3 is 23.9 Å². The Hall–Kier alpha value is -5.77. The van der Waals surface area contributed by atoms with Gasteiger partial charge in [0, 0.05) is 6.08 Å². The van der Waals surface area contributed by atoms with E-state index >= 15 is 0 Å². The van der Waals surface area contributed by atoms with Crippen LogP contribution in [-0.2, 0) is 33.3 Å². The Morgan fingerprint density at radius 1 is 0.776 bits per heavy atom. The Kier molecular flexibility index (Phi) is 11.9. The maximum atomic E-state index is 12.9. The Balaban J connectivity index is 1.06. The van der Waals surface area contributed by atoms with E-state index < -0.39 is 48.3 Å². The van der Waals surface area contributed by atoms with Gasteiger partial charge in [0.25, 0.3) is 0 Å². The van der Waals surface area contributed by atoms with Crippen molar-refractivity contribution in [1.82, 2.24) is 0 Å². The van der Waals surface area contributed by atoms with Gasteiger partial charge < -0.3 is 33.2 Å². The highest BCUT2D eigenvalue weighted by Gasteiger charge is 2.51. The molecule has 4 atom stereocenters. The van der Waals surface area contributed by atoms with Crippen molar-refractivity contribution in [3.05, 3.63) is 114 Å². The molecule has 0 aromatic heterocycles. The Morgan fingerprint density at radius 2 is 1.37 bits per heavy atom. The average molecular weight is 668 g/mol. The highest BCUT2D eigenvalue weighted by atomic mass is 16.7. The van der Waals surface area contributed by atoms with E-state index in [0.717, 1.165) is 6.08 Å². The molecule has 2 aliphatic rings. The Labute approximate surface area is 282 Å². The van der Waals surface area contributed by atoms with E-state index in [9.17, 15) is 24.4 Å². The van der Waals surface area contributed by atoms with Gasteiger partial charge in [0.15, 0.2) is 12.2 Å². The van der Waals surface area contributed by atoms with Crippen molar-refractivity contribution < 1.29 is 52.3 Å². The number of nitriles is 1. The SMILES string of the molecule is C=CC(=O)OCCCCOc1ccc(C(=O)Oc2ccc(C(=O)O[C@H]3CO[C@H]4[C@@H]3OC[C@H]4OC(=O)C(C#N)=Cc3ccccc3)cc2)cc1. The normalized spacial score (nSPS) is 19.5. The van der Waals surface area contributed by atoms with Gasteiger partial charge in [-0.05, 0) is 73.0 Å². The van der Waals surface area contributed by atoms with Crippen LogP contribution in [0, 0.1) is 11.3 Å². The minimum absolute atomic E-state index is 0.0194. The molecule has 3 aromatic rings. The zero-order valence-electron chi connectivity index (χ0n) is 26.4. The molecule has 0 saturated carbocycles. The number of ether oxygens (including phenoxy) is 7. The Bertz CT molecular complexity index is 1710. The van der Waals surface area contributed by atoms with Crippen LogP contribution in [0.15, 0.2) is 97.1 Å². The first-order valence-corrected chi connectivity index (χ1v) is 15.5. The minimum Gasteiger partial charge on any atom is -0.494 e. The molecule has 0 aliphatic carbocycles. The molecule has 12 nitrogen and oxygen atoms in total. The maximum Gasteiger partial charge on any atom is 0.349 e. The molecule has 49 heavy (non-hydrogen) atoms.